The van der Waals surface area contributed by atoms with Crippen molar-refractivity contribution in [1.82, 2.24) is 0 Å². The van der Waals surface area contributed by atoms with E-state index >= 15 is 0 Å². The molecule has 0 aliphatic heterocycles. The van der Waals surface area contributed by atoms with Gasteiger partial charge in [-0.25, -0.2) is 4.39 Å². The number of methoxy groups -OCH3 is 2. The predicted molar refractivity (Wildman–Crippen MR) is 63.8 cm³/mol. The van der Waals surface area contributed by atoms with Gasteiger partial charge in [0.05, 0.1) is 20.6 Å². The van der Waals surface area contributed by atoms with Crippen molar-refractivity contribution in [3.63, 3.8) is 0 Å². The molecule has 0 radical (unpaired) electrons. The summed E-state index contributed by atoms with van der Waals surface area (Å²) in [6.45, 7) is 0. The van der Waals surface area contributed by atoms with Crippen LogP contribution in [-0.4, -0.2) is 20.2 Å². The fourth-order valence-corrected chi connectivity index (χ4v) is 1.37. The zero-order valence-electron chi connectivity index (χ0n) is 9.60. The zero-order valence-corrected chi connectivity index (χ0v) is 10.4. The molecule has 17 heavy (non-hydrogen) atoms. The summed E-state index contributed by atoms with van der Waals surface area (Å²) in [4.78, 5) is 11.0. The smallest absolute Gasteiger partial charge is 0.307 e. The Morgan fingerprint density at radius 1 is 1.47 bits per heavy atom. The Labute approximate surface area is 105 Å². The number of halogens is 2. The number of carbonyl (C=O) groups excluding carboxylic acids is 1. The average Bonchev–Trinajstić information content (AvgIpc) is 2.28. The van der Waals surface area contributed by atoms with E-state index < -0.39 is 17.8 Å². The summed E-state index contributed by atoms with van der Waals surface area (Å²) in [6.07, 6.45) is -0.0175. The van der Waals surface area contributed by atoms with Gasteiger partial charge in [0.1, 0.15) is 11.6 Å². The van der Waals surface area contributed by atoms with Gasteiger partial charge in [0.15, 0.2) is 0 Å². The molecule has 1 aromatic rings. The van der Waals surface area contributed by atoms with Crippen molar-refractivity contribution in [2.45, 2.75) is 12.5 Å². The van der Waals surface area contributed by atoms with E-state index in [0.29, 0.717) is 11.3 Å². The maximum Gasteiger partial charge on any atom is 0.307 e. The molecule has 0 bridgehead atoms. The molecule has 6 heteroatoms. The quantitative estimate of drug-likeness (QED) is 0.842. The van der Waals surface area contributed by atoms with Crippen LogP contribution in [0, 0.1) is 5.82 Å². The highest BCUT2D eigenvalue weighted by Gasteiger charge is 2.16. The number of benzene rings is 1. The molecule has 0 fully saturated rings. The van der Waals surface area contributed by atoms with Crippen molar-refractivity contribution in [3.8, 4) is 5.75 Å². The molecule has 0 unspecified atom stereocenters. The van der Waals surface area contributed by atoms with Crippen molar-refractivity contribution in [2.75, 3.05) is 14.2 Å². The summed E-state index contributed by atoms with van der Waals surface area (Å²) < 4.78 is 22.6. The first-order valence-electron chi connectivity index (χ1n) is 4.74. The van der Waals surface area contributed by atoms with Gasteiger partial charge in [-0.05, 0) is 18.2 Å². The molecular weight excluding hydrogens is 249 g/mol. The monoisotopic (exact) mass is 263 g/mol. The lowest BCUT2D eigenvalue weighted by atomic mass is 10.0. The van der Waals surface area contributed by atoms with E-state index in [9.17, 15) is 9.18 Å². The topological polar surface area (TPSA) is 61.5 Å². The van der Waals surface area contributed by atoms with Crippen LogP contribution in [0.15, 0.2) is 18.2 Å². The minimum atomic E-state index is -0.641. The number of ether oxygens (including phenoxy) is 2. The normalized spacial score (nSPS) is 11.3. The van der Waals surface area contributed by atoms with Gasteiger partial charge in [0.2, 0.25) is 0 Å². The standard InChI is InChI=1S/C11H14FNO3.ClH/c1-15-10-4-3-7(12)5-8(10)9(13)6-11(14)16-2;/h3-5,9H,6,13H2,1-2H3;1H/t9-;/m0./s1. The summed E-state index contributed by atoms with van der Waals surface area (Å²) in [7, 11) is 2.74. The molecule has 4 nitrogen and oxygen atoms in total. The largest absolute Gasteiger partial charge is 0.496 e. The van der Waals surface area contributed by atoms with Gasteiger partial charge in [-0.2, -0.15) is 0 Å². The first-order valence-corrected chi connectivity index (χ1v) is 4.74. The molecule has 0 amide bonds. The fraction of sp³-hybridized carbons (Fsp3) is 0.364. The molecule has 0 aliphatic carbocycles. The van der Waals surface area contributed by atoms with Gasteiger partial charge in [0.25, 0.3) is 0 Å². The van der Waals surface area contributed by atoms with Gasteiger partial charge >= 0.3 is 5.97 Å². The van der Waals surface area contributed by atoms with Crippen molar-refractivity contribution in [3.05, 3.63) is 29.6 Å². The number of nitrogens with two attached hydrogens (primary N) is 1. The Morgan fingerprint density at radius 3 is 2.65 bits per heavy atom. The molecule has 1 atom stereocenters. The zero-order chi connectivity index (χ0) is 12.1. The molecule has 96 valence electrons. The summed E-state index contributed by atoms with van der Waals surface area (Å²) in [5.74, 6) is -0.410. The molecule has 0 aromatic heterocycles. The molecule has 1 aromatic carbocycles. The van der Waals surface area contributed by atoms with Crippen LogP contribution in [0.4, 0.5) is 4.39 Å². The van der Waals surface area contributed by atoms with E-state index in [1.54, 1.807) is 0 Å². The molecule has 0 heterocycles. The van der Waals surface area contributed by atoms with Crippen LogP contribution in [0.25, 0.3) is 0 Å². The molecule has 0 saturated carbocycles. The molecule has 0 saturated heterocycles. The van der Waals surface area contributed by atoms with Gasteiger partial charge in [-0.15, -0.1) is 12.4 Å². The maximum absolute atomic E-state index is 13.0. The SMILES string of the molecule is COC(=O)C[C@H](N)c1cc(F)ccc1OC.Cl. The van der Waals surface area contributed by atoms with Gasteiger partial charge in [0, 0.05) is 11.6 Å². The van der Waals surface area contributed by atoms with E-state index in [2.05, 4.69) is 4.74 Å². The summed E-state index contributed by atoms with van der Waals surface area (Å²) in [5.41, 5.74) is 6.22. The number of esters is 1. The van der Waals surface area contributed by atoms with Crippen molar-refractivity contribution < 1.29 is 18.7 Å². The lowest BCUT2D eigenvalue weighted by molar-refractivity contribution is -0.141. The highest BCUT2D eigenvalue weighted by atomic mass is 35.5. The second-order valence-electron chi connectivity index (χ2n) is 3.27. The van der Waals surface area contributed by atoms with Crippen LogP contribution < -0.4 is 10.5 Å². The minimum Gasteiger partial charge on any atom is -0.496 e. The van der Waals surface area contributed by atoms with Gasteiger partial charge in [-0.3, -0.25) is 4.79 Å². The fourth-order valence-electron chi connectivity index (χ4n) is 1.37. The van der Waals surface area contributed by atoms with Crippen molar-refractivity contribution in [1.29, 1.82) is 0 Å². The minimum absolute atomic E-state index is 0. The first kappa shape index (κ1) is 15.7. The van der Waals surface area contributed by atoms with E-state index in [1.165, 1.54) is 32.4 Å². The number of hydrogen-bond donors (Lipinski definition) is 1. The second-order valence-corrected chi connectivity index (χ2v) is 3.27. The Morgan fingerprint density at radius 2 is 2.12 bits per heavy atom. The van der Waals surface area contributed by atoms with E-state index in [1.807, 2.05) is 0 Å². The second kappa shape index (κ2) is 7.09. The number of rotatable bonds is 4. The molecule has 1 rings (SSSR count). The van der Waals surface area contributed by atoms with Gasteiger partial charge in [-0.1, -0.05) is 0 Å². The Balaban J connectivity index is 0.00000256. The Kier molecular flexibility index (Phi) is 6.53. The third-order valence-electron chi connectivity index (χ3n) is 2.21. The van der Waals surface area contributed by atoms with Crippen LogP contribution in [0.3, 0.4) is 0 Å². The Bertz CT molecular complexity index is 387. The third kappa shape index (κ3) is 4.20. The molecule has 0 spiro atoms. The predicted octanol–water partition coefficient (Wildman–Crippen LogP) is 1.82. The van der Waals surface area contributed by atoms with Crippen molar-refractivity contribution >= 4 is 18.4 Å². The highest BCUT2D eigenvalue weighted by molar-refractivity contribution is 5.85. The van der Waals surface area contributed by atoms with E-state index in [-0.39, 0.29) is 18.8 Å². The van der Waals surface area contributed by atoms with E-state index in [4.69, 9.17) is 10.5 Å². The number of hydrogen-bond acceptors (Lipinski definition) is 4. The number of carbonyl (C=O) groups is 1. The van der Waals surface area contributed by atoms with Crippen LogP contribution in [0.5, 0.6) is 5.75 Å². The van der Waals surface area contributed by atoms with Crippen molar-refractivity contribution in [2.24, 2.45) is 5.73 Å². The maximum atomic E-state index is 13.0. The summed E-state index contributed by atoms with van der Waals surface area (Å²) in [6, 6.07) is 3.36. The molecule has 0 aliphatic rings. The van der Waals surface area contributed by atoms with Gasteiger partial charge < -0.3 is 15.2 Å². The van der Waals surface area contributed by atoms with Crippen LogP contribution in [0.2, 0.25) is 0 Å². The lowest BCUT2D eigenvalue weighted by Gasteiger charge is -2.14. The van der Waals surface area contributed by atoms with Crippen LogP contribution in [-0.2, 0) is 9.53 Å². The van der Waals surface area contributed by atoms with Crippen LogP contribution in [0.1, 0.15) is 18.0 Å². The Hall–Kier alpha value is -1.33. The highest BCUT2D eigenvalue weighted by Crippen LogP contribution is 2.26. The molecular formula is C11H15ClFNO3. The average molecular weight is 264 g/mol. The lowest BCUT2D eigenvalue weighted by Crippen LogP contribution is -2.17. The molecule has 2 N–H and O–H groups in total. The summed E-state index contributed by atoms with van der Waals surface area (Å²) in [5, 5.41) is 0. The third-order valence-corrected chi connectivity index (χ3v) is 2.21. The van der Waals surface area contributed by atoms with E-state index in [0.717, 1.165) is 0 Å². The summed E-state index contributed by atoms with van der Waals surface area (Å²) >= 11 is 0. The first-order chi connectivity index (χ1) is 7.58. The van der Waals surface area contributed by atoms with Crippen LogP contribution >= 0.6 is 12.4 Å².